The largest absolute Gasteiger partial charge is 0.480 e. The normalized spacial score (nSPS) is 50.9. The Morgan fingerprint density at radius 3 is 2.75 bits per heavy atom. The molecule has 0 radical (unpaired) electrons. The summed E-state index contributed by atoms with van der Waals surface area (Å²) in [6, 6.07) is 0. The fraction of sp³-hybridized carbons (Fsp3) is 0.900. The van der Waals surface area contributed by atoms with Gasteiger partial charge in [0, 0.05) is 12.8 Å². The first-order valence-electron chi connectivity index (χ1n) is 5.43. The van der Waals surface area contributed by atoms with Gasteiger partial charge in [-0.25, -0.2) is 4.39 Å². The molecule has 5 atom stereocenters. The smallest absolute Gasteiger partial charge is 0.324 e. The Bertz CT molecular complexity index is 335. The highest BCUT2D eigenvalue weighted by Gasteiger charge is 2.71. The third kappa shape index (κ3) is 1.23. The average molecular weight is 231 g/mol. The lowest BCUT2D eigenvalue weighted by Crippen LogP contribution is -2.50. The number of hydrogen-bond donors (Lipinski definition) is 2. The summed E-state index contributed by atoms with van der Waals surface area (Å²) in [4.78, 5) is 11.1. The Labute approximate surface area is 91.7 Å². The van der Waals surface area contributed by atoms with Crippen LogP contribution < -0.4 is 5.73 Å². The molecule has 2 aliphatic carbocycles. The lowest BCUT2D eigenvalue weighted by molar-refractivity contribution is -0.324. The molecule has 1 heterocycles. The van der Waals surface area contributed by atoms with E-state index >= 15 is 0 Å². The van der Waals surface area contributed by atoms with Gasteiger partial charge in [0.2, 0.25) is 0 Å². The molecule has 1 aliphatic heterocycles. The molecule has 0 unspecified atom stereocenters. The summed E-state index contributed by atoms with van der Waals surface area (Å²) in [6.45, 7) is 0.276. The van der Waals surface area contributed by atoms with E-state index in [-0.39, 0.29) is 37.3 Å². The minimum absolute atomic E-state index is 0.00449. The molecular weight excluding hydrogens is 217 g/mol. The van der Waals surface area contributed by atoms with Gasteiger partial charge in [-0.2, -0.15) is 0 Å². The molecule has 3 fully saturated rings. The molecule has 16 heavy (non-hydrogen) atoms. The predicted molar refractivity (Wildman–Crippen MR) is 50.0 cm³/mol. The van der Waals surface area contributed by atoms with Crippen molar-refractivity contribution in [1.29, 1.82) is 0 Å². The number of fused-ring (bicyclic) bond motifs is 1. The van der Waals surface area contributed by atoms with Crippen molar-refractivity contribution < 1.29 is 23.8 Å². The molecule has 0 aromatic heterocycles. The summed E-state index contributed by atoms with van der Waals surface area (Å²) in [7, 11) is 0. The number of aliphatic carboxylic acids is 1. The summed E-state index contributed by atoms with van der Waals surface area (Å²) >= 11 is 0. The maximum atomic E-state index is 13.6. The minimum atomic E-state index is -1.39. The van der Waals surface area contributed by atoms with Gasteiger partial charge in [-0.3, -0.25) is 4.79 Å². The van der Waals surface area contributed by atoms with Gasteiger partial charge in [0.05, 0.1) is 0 Å². The van der Waals surface area contributed by atoms with Gasteiger partial charge in [0.1, 0.15) is 11.7 Å². The van der Waals surface area contributed by atoms with Crippen LogP contribution in [0, 0.1) is 17.8 Å². The van der Waals surface area contributed by atoms with Crippen LogP contribution in [0.1, 0.15) is 12.8 Å². The van der Waals surface area contributed by atoms with Gasteiger partial charge < -0.3 is 20.3 Å². The Balaban J connectivity index is 1.70. The van der Waals surface area contributed by atoms with Gasteiger partial charge in [-0.05, 0) is 17.8 Å². The van der Waals surface area contributed by atoms with Crippen LogP contribution in [-0.2, 0) is 14.3 Å². The Hall–Kier alpha value is -0.720. The van der Waals surface area contributed by atoms with Gasteiger partial charge in [-0.1, -0.05) is 0 Å². The van der Waals surface area contributed by atoms with E-state index < -0.39 is 17.7 Å². The van der Waals surface area contributed by atoms with E-state index in [0.717, 1.165) is 0 Å². The summed E-state index contributed by atoms with van der Waals surface area (Å²) in [5.74, 6) is -1.57. The monoisotopic (exact) mass is 231 g/mol. The number of carbonyl (C=O) groups is 1. The van der Waals surface area contributed by atoms with Crippen molar-refractivity contribution in [3.05, 3.63) is 0 Å². The van der Waals surface area contributed by atoms with Gasteiger partial charge in [-0.15, -0.1) is 0 Å². The van der Waals surface area contributed by atoms with Crippen molar-refractivity contribution in [1.82, 2.24) is 0 Å². The maximum absolute atomic E-state index is 13.6. The summed E-state index contributed by atoms with van der Waals surface area (Å²) < 4.78 is 23.8. The number of carboxylic acid groups (broad SMARTS) is 1. The van der Waals surface area contributed by atoms with Crippen LogP contribution in [0.4, 0.5) is 4.39 Å². The van der Waals surface area contributed by atoms with Crippen LogP contribution >= 0.6 is 0 Å². The first-order valence-corrected chi connectivity index (χ1v) is 5.43. The molecule has 0 bridgehead atoms. The van der Waals surface area contributed by atoms with E-state index in [1.807, 2.05) is 0 Å². The number of ether oxygens (including phenoxy) is 2. The van der Waals surface area contributed by atoms with Crippen LogP contribution in [0.5, 0.6) is 0 Å². The third-order valence-corrected chi connectivity index (χ3v) is 4.15. The van der Waals surface area contributed by atoms with E-state index in [1.54, 1.807) is 0 Å². The molecule has 2 saturated carbocycles. The second-order valence-corrected chi connectivity index (χ2v) is 4.95. The molecule has 90 valence electrons. The average Bonchev–Trinajstić information content (AvgIpc) is 2.78. The second kappa shape index (κ2) is 3.15. The Kier molecular flexibility index (Phi) is 2.05. The Morgan fingerprint density at radius 1 is 1.56 bits per heavy atom. The number of nitrogens with two attached hydrogens (primary N) is 1. The van der Waals surface area contributed by atoms with Crippen molar-refractivity contribution >= 4 is 5.97 Å². The van der Waals surface area contributed by atoms with Crippen molar-refractivity contribution in [2.24, 2.45) is 23.5 Å². The summed E-state index contributed by atoms with van der Waals surface area (Å²) in [5, 5.41) is 9.06. The standard InChI is InChI=1S/C10H14FNO4/c11-5-2-10(12,9(13)14)8-4(7(5)8)1-6-15-3-16-6/h4-8H,1-3,12H2,(H,13,14)/t4-,5+,7+,8+,10-/m0/s1. The van der Waals surface area contributed by atoms with Crippen molar-refractivity contribution in [3.63, 3.8) is 0 Å². The quantitative estimate of drug-likeness (QED) is 0.719. The van der Waals surface area contributed by atoms with Crippen LogP contribution in [-0.4, -0.2) is 35.9 Å². The topological polar surface area (TPSA) is 81.8 Å². The number of alkyl halides is 1. The zero-order chi connectivity index (χ0) is 11.5. The summed E-state index contributed by atoms with van der Waals surface area (Å²) in [6.07, 6.45) is -0.903. The minimum Gasteiger partial charge on any atom is -0.480 e. The molecule has 3 rings (SSSR count). The van der Waals surface area contributed by atoms with Crippen LogP contribution in [0.3, 0.4) is 0 Å². The van der Waals surface area contributed by atoms with Gasteiger partial charge in [0.25, 0.3) is 0 Å². The molecule has 1 saturated heterocycles. The first-order chi connectivity index (χ1) is 7.54. The van der Waals surface area contributed by atoms with Crippen molar-refractivity contribution in [3.8, 4) is 0 Å². The first kappa shape index (κ1) is 10.4. The highest BCUT2D eigenvalue weighted by Crippen LogP contribution is 2.64. The van der Waals surface area contributed by atoms with Gasteiger partial charge >= 0.3 is 5.97 Å². The molecular formula is C10H14FNO4. The fourth-order valence-electron chi connectivity index (χ4n) is 3.27. The second-order valence-electron chi connectivity index (χ2n) is 4.95. The highest BCUT2D eigenvalue weighted by atomic mass is 19.1. The van der Waals surface area contributed by atoms with Crippen molar-refractivity contribution in [2.45, 2.75) is 30.8 Å². The maximum Gasteiger partial charge on any atom is 0.324 e. The predicted octanol–water partition coefficient (Wildman–Crippen LogP) is 0.0930. The fourth-order valence-corrected chi connectivity index (χ4v) is 3.27. The summed E-state index contributed by atoms with van der Waals surface area (Å²) in [5.41, 5.74) is 4.39. The third-order valence-electron chi connectivity index (χ3n) is 4.15. The molecule has 5 nitrogen and oxygen atoms in total. The molecule has 6 heteroatoms. The number of carboxylic acids is 1. The molecule has 0 amide bonds. The van der Waals surface area contributed by atoms with E-state index in [4.69, 9.17) is 20.3 Å². The molecule has 3 N–H and O–H groups in total. The van der Waals surface area contributed by atoms with Crippen LogP contribution in [0.25, 0.3) is 0 Å². The van der Waals surface area contributed by atoms with Crippen LogP contribution in [0.2, 0.25) is 0 Å². The number of rotatable bonds is 3. The SMILES string of the molecule is N[C@@]1(C(=O)O)C[C@@H](F)[C@H]2[C@H](CC3OCO3)[C@H]21. The van der Waals surface area contributed by atoms with E-state index in [9.17, 15) is 9.18 Å². The van der Waals surface area contributed by atoms with Crippen molar-refractivity contribution in [2.75, 3.05) is 6.79 Å². The molecule has 0 spiro atoms. The highest BCUT2D eigenvalue weighted by molar-refractivity contribution is 5.80. The molecule has 0 aromatic rings. The van der Waals surface area contributed by atoms with Crippen LogP contribution in [0.15, 0.2) is 0 Å². The Morgan fingerprint density at radius 2 is 2.25 bits per heavy atom. The van der Waals surface area contributed by atoms with E-state index in [1.165, 1.54) is 0 Å². The lowest BCUT2D eigenvalue weighted by Gasteiger charge is -2.29. The molecule has 0 aromatic carbocycles. The van der Waals surface area contributed by atoms with E-state index in [0.29, 0.717) is 6.42 Å². The number of hydrogen-bond acceptors (Lipinski definition) is 4. The van der Waals surface area contributed by atoms with Gasteiger partial charge in [0.15, 0.2) is 13.1 Å². The molecule has 3 aliphatic rings. The van der Waals surface area contributed by atoms with E-state index in [2.05, 4.69) is 0 Å². The zero-order valence-electron chi connectivity index (χ0n) is 8.64. The number of halogens is 1. The zero-order valence-corrected chi connectivity index (χ0v) is 8.64. The lowest BCUT2D eigenvalue weighted by atomic mass is 9.90.